The van der Waals surface area contributed by atoms with Crippen LogP contribution in [0, 0.1) is 13.8 Å². The van der Waals surface area contributed by atoms with Gasteiger partial charge in [0.05, 0.1) is 10.7 Å². The summed E-state index contributed by atoms with van der Waals surface area (Å²) in [7, 11) is 0. The largest absolute Gasteiger partial charge is 0.338 e. The number of pyridine rings is 1. The third-order valence-corrected chi connectivity index (χ3v) is 4.22. The predicted octanol–water partition coefficient (Wildman–Crippen LogP) is 4.09. The molecular formula is C19H22ClN3O2. The molecule has 2 rings (SSSR count). The van der Waals surface area contributed by atoms with Crippen molar-refractivity contribution in [2.24, 2.45) is 0 Å². The maximum atomic E-state index is 12.5. The first-order chi connectivity index (χ1) is 11.9. The fourth-order valence-corrected chi connectivity index (χ4v) is 2.97. The minimum atomic E-state index is -0.400. The molecule has 0 spiro atoms. The summed E-state index contributed by atoms with van der Waals surface area (Å²) in [4.78, 5) is 30.8. The Morgan fingerprint density at radius 1 is 1.12 bits per heavy atom. The van der Waals surface area contributed by atoms with E-state index in [-0.39, 0.29) is 17.3 Å². The van der Waals surface area contributed by atoms with E-state index in [1.165, 1.54) is 0 Å². The number of benzene rings is 1. The highest BCUT2D eigenvalue weighted by Gasteiger charge is 2.17. The van der Waals surface area contributed by atoms with E-state index < -0.39 is 5.91 Å². The number of hydrogen-bond acceptors (Lipinski definition) is 3. The highest BCUT2D eigenvalue weighted by Crippen LogP contribution is 2.27. The number of rotatable bonds is 5. The van der Waals surface area contributed by atoms with E-state index in [4.69, 9.17) is 11.6 Å². The molecule has 0 aliphatic heterocycles. The number of carbonyl (C=O) groups excluding carboxylic acids is 2. The van der Waals surface area contributed by atoms with Crippen molar-refractivity contribution in [3.05, 3.63) is 57.9 Å². The van der Waals surface area contributed by atoms with E-state index in [1.54, 1.807) is 29.2 Å². The molecule has 2 aromatic rings. The number of nitrogens with one attached hydrogen (secondary N) is 1. The van der Waals surface area contributed by atoms with E-state index in [0.29, 0.717) is 23.8 Å². The molecule has 0 unspecified atom stereocenters. The Bertz CT molecular complexity index is 778. The number of amides is 2. The summed E-state index contributed by atoms with van der Waals surface area (Å²) in [5.41, 5.74) is 2.87. The van der Waals surface area contributed by atoms with Crippen LogP contribution in [0.1, 0.15) is 46.0 Å². The topological polar surface area (TPSA) is 62.3 Å². The fourth-order valence-electron chi connectivity index (χ4n) is 2.60. The van der Waals surface area contributed by atoms with Gasteiger partial charge in [0.2, 0.25) is 0 Å². The first kappa shape index (κ1) is 18.9. The molecular weight excluding hydrogens is 338 g/mol. The number of hydrogen-bond donors (Lipinski definition) is 1. The normalized spacial score (nSPS) is 10.4. The van der Waals surface area contributed by atoms with Gasteiger partial charge in [-0.25, -0.2) is 4.98 Å². The van der Waals surface area contributed by atoms with Gasteiger partial charge < -0.3 is 10.2 Å². The number of nitrogens with zero attached hydrogens (tertiary/aromatic N) is 2. The van der Waals surface area contributed by atoms with Crippen molar-refractivity contribution in [1.82, 2.24) is 9.88 Å². The smallest absolute Gasteiger partial charge is 0.274 e. The molecule has 0 aliphatic rings. The van der Waals surface area contributed by atoms with Crippen LogP contribution < -0.4 is 5.32 Å². The standard InChI is InChI=1S/C19H22ClN3O2/c1-5-23(6-2)19(25)16-9-7-8-15(21-16)18(24)22-17-13(4)10-12(3)11-14(17)20/h7-11H,5-6H2,1-4H3,(H,22,24). The molecule has 132 valence electrons. The van der Waals surface area contributed by atoms with Crippen molar-refractivity contribution in [2.75, 3.05) is 18.4 Å². The van der Waals surface area contributed by atoms with Gasteiger partial charge in [0.25, 0.3) is 11.8 Å². The van der Waals surface area contributed by atoms with Crippen molar-refractivity contribution in [1.29, 1.82) is 0 Å². The Morgan fingerprint density at radius 3 is 2.36 bits per heavy atom. The minimum Gasteiger partial charge on any atom is -0.338 e. The van der Waals surface area contributed by atoms with Gasteiger partial charge in [-0.15, -0.1) is 0 Å². The second-order valence-corrected chi connectivity index (χ2v) is 6.19. The van der Waals surface area contributed by atoms with Gasteiger partial charge in [0, 0.05) is 13.1 Å². The van der Waals surface area contributed by atoms with Gasteiger partial charge in [-0.1, -0.05) is 23.7 Å². The van der Waals surface area contributed by atoms with Crippen molar-refractivity contribution < 1.29 is 9.59 Å². The monoisotopic (exact) mass is 359 g/mol. The Hall–Kier alpha value is -2.40. The molecule has 1 heterocycles. The molecule has 1 N–H and O–H groups in total. The zero-order valence-electron chi connectivity index (χ0n) is 14.9. The molecule has 0 bridgehead atoms. The quantitative estimate of drug-likeness (QED) is 0.874. The van der Waals surface area contributed by atoms with E-state index >= 15 is 0 Å². The van der Waals surface area contributed by atoms with E-state index in [1.807, 2.05) is 33.8 Å². The Morgan fingerprint density at radius 2 is 1.76 bits per heavy atom. The lowest BCUT2D eigenvalue weighted by Crippen LogP contribution is -2.31. The maximum Gasteiger partial charge on any atom is 0.274 e. The molecule has 6 heteroatoms. The summed E-state index contributed by atoms with van der Waals surface area (Å²) in [6.45, 7) is 8.80. The van der Waals surface area contributed by atoms with Gasteiger partial charge in [-0.3, -0.25) is 9.59 Å². The van der Waals surface area contributed by atoms with Crippen molar-refractivity contribution in [3.63, 3.8) is 0 Å². The van der Waals surface area contributed by atoms with Crippen LogP contribution in [0.2, 0.25) is 5.02 Å². The molecule has 1 aromatic heterocycles. The molecule has 0 radical (unpaired) electrons. The minimum absolute atomic E-state index is 0.175. The van der Waals surface area contributed by atoms with E-state index in [0.717, 1.165) is 11.1 Å². The molecule has 25 heavy (non-hydrogen) atoms. The van der Waals surface area contributed by atoms with Gasteiger partial charge in [0.1, 0.15) is 11.4 Å². The summed E-state index contributed by atoms with van der Waals surface area (Å²) in [5, 5.41) is 3.26. The first-order valence-electron chi connectivity index (χ1n) is 8.21. The number of aryl methyl sites for hydroxylation is 2. The second kappa shape index (κ2) is 8.12. The highest BCUT2D eigenvalue weighted by molar-refractivity contribution is 6.34. The maximum absolute atomic E-state index is 12.5. The lowest BCUT2D eigenvalue weighted by Gasteiger charge is -2.18. The molecule has 0 aliphatic carbocycles. The summed E-state index contributed by atoms with van der Waals surface area (Å²) in [6, 6.07) is 8.57. The molecule has 2 amide bonds. The third kappa shape index (κ3) is 4.37. The highest BCUT2D eigenvalue weighted by atomic mass is 35.5. The van der Waals surface area contributed by atoms with E-state index in [9.17, 15) is 9.59 Å². The van der Waals surface area contributed by atoms with Crippen LogP contribution in [-0.4, -0.2) is 34.8 Å². The Kier molecular flexibility index (Phi) is 6.15. The fraction of sp³-hybridized carbons (Fsp3) is 0.316. The van der Waals surface area contributed by atoms with E-state index in [2.05, 4.69) is 10.3 Å². The predicted molar refractivity (Wildman–Crippen MR) is 100 cm³/mol. The lowest BCUT2D eigenvalue weighted by molar-refractivity contribution is 0.0767. The van der Waals surface area contributed by atoms with Crippen LogP contribution in [0.15, 0.2) is 30.3 Å². The van der Waals surface area contributed by atoms with Crippen molar-refractivity contribution in [2.45, 2.75) is 27.7 Å². The van der Waals surface area contributed by atoms with Crippen LogP contribution in [0.25, 0.3) is 0 Å². The number of carbonyl (C=O) groups is 2. The van der Waals surface area contributed by atoms with Crippen LogP contribution >= 0.6 is 11.6 Å². The first-order valence-corrected chi connectivity index (χ1v) is 8.59. The van der Waals surface area contributed by atoms with Gasteiger partial charge >= 0.3 is 0 Å². The lowest BCUT2D eigenvalue weighted by atomic mass is 10.1. The molecule has 0 fully saturated rings. The van der Waals surface area contributed by atoms with Crippen LogP contribution in [0.5, 0.6) is 0 Å². The van der Waals surface area contributed by atoms with Crippen LogP contribution in [0.3, 0.4) is 0 Å². The third-order valence-electron chi connectivity index (χ3n) is 3.92. The van der Waals surface area contributed by atoms with Crippen LogP contribution in [-0.2, 0) is 0 Å². The van der Waals surface area contributed by atoms with Gasteiger partial charge in [-0.05, 0) is 57.0 Å². The number of halogens is 1. The SMILES string of the molecule is CCN(CC)C(=O)c1cccc(C(=O)Nc2c(C)cc(C)cc2Cl)n1. The Balaban J connectivity index is 2.26. The summed E-state index contributed by atoms with van der Waals surface area (Å²) in [6.07, 6.45) is 0. The molecule has 0 saturated heterocycles. The number of aromatic nitrogens is 1. The van der Waals surface area contributed by atoms with Gasteiger partial charge in [-0.2, -0.15) is 0 Å². The molecule has 0 atom stereocenters. The zero-order valence-corrected chi connectivity index (χ0v) is 15.6. The molecule has 1 aromatic carbocycles. The molecule has 0 saturated carbocycles. The number of anilines is 1. The van der Waals surface area contributed by atoms with Crippen LogP contribution in [0.4, 0.5) is 5.69 Å². The average Bonchev–Trinajstić information content (AvgIpc) is 2.59. The van der Waals surface area contributed by atoms with Gasteiger partial charge in [0.15, 0.2) is 0 Å². The summed E-state index contributed by atoms with van der Waals surface area (Å²) >= 11 is 6.23. The average molecular weight is 360 g/mol. The Labute approximate surface area is 153 Å². The summed E-state index contributed by atoms with van der Waals surface area (Å²) in [5.74, 6) is -0.591. The van der Waals surface area contributed by atoms with Crippen molar-refractivity contribution >= 4 is 29.1 Å². The zero-order chi connectivity index (χ0) is 18.6. The second-order valence-electron chi connectivity index (χ2n) is 5.78. The molecule has 5 nitrogen and oxygen atoms in total. The van der Waals surface area contributed by atoms with Crippen molar-refractivity contribution in [3.8, 4) is 0 Å². The summed E-state index contributed by atoms with van der Waals surface area (Å²) < 4.78 is 0.